The molecule has 0 fully saturated rings. The fourth-order valence-corrected chi connectivity index (χ4v) is 1.42. The van der Waals surface area contributed by atoms with Crippen LogP contribution in [0.4, 0.5) is 5.69 Å². The van der Waals surface area contributed by atoms with E-state index in [0.29, 0.717) is 6.29 Å². The average molecular weight is 267 g/mol. The molecule has 0 aliphatic rings. The van der Waals surface area contributed by atoms with Crippen LogP contribution in [0, 0.1) is 0 Å². The standard InChI is InChI=1S/C12H13NO6/c1-7(15)13-11-9(12(16)17)5-8(18-2)6-10(11)19-4-3-14/h3,5-6H,4H2,1-2H3,(H,13,15)(H,16,17). The minimum Gasteiger partial charge on any atom is -0.497 e. The number of nitrogens with one attached hydrogen (secondary N) is 1. The van der Waals surface area contributed by atoms with Crippen molar-refractivity contribution in [1.82, 2.24) is 0 Å². The zero-order valence-electron chi connectivity index (χ0n) is 10.4. The molecule has 0 aromatic heterocycles. The molecule has 0 heterocycles. The van der Waals surface area contributed by atoms with Crippen LogP contribution in [0.2, 0.25) is 0 Å². The van der Waals surface area contributed by atoms with E-state index in [1.807, 2.05) is 0 Å². The predicted octanol–water partition coefficient (Wildman–Crippen LogP) is 0.929. The molecule has 0 saturated carbocycles. The van der Waals surface area contributed by atoms with Crippen LogP contribution in [0.25, 0.3) is 0 Å². The van der Waals surface area contributed by atoms with Crippen molar-refractivity contribution in [2.45, 2.75) is 6.92 Å². The Morgan fingerprint density at radius 2 is 2.11 bits per heavy atom. The van der Waals surface area contributed by atoms with E-state index in [9.17, 15) is 14.4 Å². The summed E-state index contributed by atoms with van der Waals surface area (Å²) >= 11 is 0. The van der Waals surface area contributed by atoms with E-state index in [1.165, 1.54) is 26.2 Å². The molecule has 1 amide bonds. The first-order valence-corrected chi connectivity index (χ1v) is 5.29. The van der Waals surface area contributed by atoms with Crippen molar-refractivity contribution in [2.24, 2.45) is 0 Å². The quantitative estimate of drug-likeness (QED) is 0.743. The number of ether oxygens (including phenoxy) is 2. The highest BCUT2D eigenvalue weighted by Crippen LogP contribution is 2.33. The van der Waals surface area contributed by atoms with Crippen molar-refractivity contribution in [3.8, 4) is 11.5 Å². The molecule has 0 saturated heterocycles. The highest BCUT2D eigenvalue weighted by Gasteiger charge is 2.19. The summed E-state index contributed by atoms with van der Waals surface area (Å²) in [5.41, 5.74) is -0.196. The molecule has 0 unspecified atom stereocenters. The van der Waals surface area contributed by atoms with E-state index in [-0.39, 0.29) is 29.4 Å². The lowest BCUT2D eigenvalue weighted by molar-refractivity contribution is -0.114. The third-order valence-electron chi connectivity index (χ3n) is 2.15. The molecule has 0 aliphatic carbocycles. The molecule has 0 atom stereocenters. The minimum absolute atomic E-state index is 0.0114. The van der Waals surface area contributed by atoms with E-state index >= 15 is 0 Å². The first kappa shape index (κ1) is 14.5. The monoisotopic (exact) mass is 267 g/mol. The van der Waals surface area contributed by atoms with Crippen molar-refractivity contribution in [3.63, 3.8) is 0 Å². The second-order valence-corrected chi connectivity index (χ2v) is 3.51. The number of anilines is 1. The van der Waals surface area contributed by atoms with Crippen LogP contribution in [-0.4, -0.2) is 37.0 Å². The van der Waals surface area contributed by atoms with E-state index in [4.69, 9.17) is 14.6 Å². The molecule has 1 aromatic carbocycles. The normalized spacial score (nSPS) is 9.58. The second kappa shape index (κ2) is 6.39. The highest BCUT2D eigenvalue weighted by atomic mass is 16.5. The Morgan fingerprint density at radius 3 is 2.58 bits per heavy atom. The summed E-state index contributed by atoms with van der Waals surface area (Å²) in [5, 5.41) is 11.5. The Morgan fingerprint density at radius 1 is 1.42 bits per heavy atom. The van der Waals surface area contributed by atoms with Crippen molar-refractivity contribution in [3.05, 3.63) is 17.7 Å². The third kappa shape index (κ3) is 3.70. The second-order valence-electron chi connectivity index (χ2n) is 3.51. The van der Waals surface area contributed by atoms with Gasteiger partial charge in [0.05, 0.1) is 18.4 Å². The van der Waals surface area contributed by atoms with Gasteiger partial charge < -0.3 is 19.9 Å². The smallest absolute Gasteiger partial charge is 0.338 e. The van der Waals surface area contributed by atoms with Gasteiger partial charge in [-0.1, -0.05) is 0 Å². The molecule has 7 nitrogen and oxygen atoms in total. The number of carboxylic acids is 1. The minimum atomic E-state index is -1.25. The van der Waals surface area contributed by atoms with Gasteiger partial charge >= 0.3 is 5.97 Å². The molecule has 1 aromatic rings. The highest BCUT2D eigenvalue weighted by molar-refractivity contribution is 6.02. The van der Waals surface area contributed by atoms with Crippen molar-refractivity contribution in [2.75, 3.05) is 19.0 Å². The van der Waals surface area contributed by atoms with Gasteiger partial charge in [-0.25, -0.2) is 4.79 Å². The van der Waals surface area contributed by atoms with Crippen LogP contribution in [0.5, 0.6) is 11.5 Å². The third-order valence-corrected chi connectivity index (χ3v) is 2.15. The summed E-state index contributed by atoms with van der Waals surface area (Å²) < 4.78 is 10.0. The first-order valence-electron chi connectivity index (χ1n) is 5.29. The fraction of sp³-hybridized carbons (Fsp3) is 0.250. The Bertz CT molecular complexity index is 511. The van der Waals surface area contributed by atoms with Gasteiger partial charge in [-0.2, -0.15) is 0 Å². The maximum atomic E-state index is 11.2. The molecule has 1 rings (SSSR count). The fourth-order valence-electron chi connectivity index (χ4n) is 1.42. The SMILES string of the molecule is COc1cc(OCC=O)c(NC(C)=O)c(C(=O)O)c1. The van der Waals surface area contributed by atoms with E-state index in [2.05, 4.69) is 5.32 Å². The summed E-state index contributed by atoms with van der Waals surface area (Å²) in [5.74, 6) is -1.41. The van der Waals surface area contributed by atoms with Gasteiger partial charge in [0.2, 0.25) is 5.91 Å². The zero-order chi connectivity index (χ0) is 14.4. The first-order chi connectivity index (χ1) is 8.99. The number of aromatic carboxylic acids is 1. The average Bonchev–Trinajstić information content (AvgIpc) is 2.36. The number of hydrogen-bond acceptors (Lipinski definition) is 5. The lowest BCUT2D eigenvalue weighted by atomic mass is 10.1. The predicted molar refractivity (Wildman–Crippen MR) is 65.8 cm³/mol. The van der Waals surface area contributed by atoms with Gasteiger partial charge in [0.25, 0.3) is 0 Å². The number of hydrogen-bond donors (Lipinski definition) is 2. The summed E-state index contributed by atoms with van der Waals surface area (Å²) in [6.07, 6.45) is 0.511. The maximum Gasteiger partial charge on any atom is 0.338 e. The molecule has 0 aliphatic heterocycles. The summed E-state index contributed by atoms with van der Waals surface area (Å²) in [4.78, 5) is 32.6. The molecular formula is C12H13NO6. The Balaban J connectivity index is 3.36. The van der Waals surface area contributed by atoms with E-state index in [1.54, 1.807) is 0 Å². The van der Waals surface area contributed by atoms with Crippen LogP contribution in [0.1, 0.15) is 17.3 Å². The Hall–Kier alpha value is -2.57. The topological polar surface area (TPSA) is 102 Å². The van der Waals surface area contributed by atoms with Crippen LogP contribution < -0.4 is 14.8 Å². The molecular weight excluding hydrogens is 254 g/mol. The number of methoxy groups -OCH3 is 1. The van der Waals surface area contributed by atoms with Crippen LogP contribution in [0.15, 0.2) is 12.1 Å². The Kier molecular flexibility index (Phi) is 4.87. The van der Waals surface area contributed by atoms with Crippen LogP contribution in [-0.2, 0) is 9.59 Å². The van der Waals surface area contributed by atoms with Gasteiger partial charge in [-0.05, 0) is 6.07 Å². The lowest BCUT2D eigenvalue weighted by Crippen LogP contribution is -2.13. The Labute approximate surface area is 109 Å². The number of carbonyl (C=O) groups excluding carboxylic acids is 2. The summed E-state index contributed by atoms with van der Waals surface area (Å²) in [6, 6.07) is 2.64. The molecule has 0 bridgehead atoms. The van der Waals surface area contributed by atoms with Gasteiger partial charge in [0.1, 0.15) is 18.1 Å². The molecule has 102 valence electrons. The number of rotatable bonds is 6. The van der Waals surface area contributed by atoms with Gasteiger partial charge in [-0.3, -0.25) is 9.59 Å². The van der Waals surface area contributed by atoms with Crippen molar-refractivity contribution < 1.29 is 29.0 Å². The number of amides is 1. The van der Waals surface area contributed by atoms with Crippen molar-refractivity contribution in [1.29, 1.82) is 0 Å². The van der Waals surface area contributed by atoms with Gasteiger partial charge in [-0.15, -0.1) is 0 Å². The zero-order valence-corrected chi connectivity index (χ0v) is 10.4. The van der Waals surface area contributed by atoms with Crippen molar-refractivity contribution >= 4 is 23.9 Å². The van der Waals surface area contributed by atoms with E-state index < -0.39 is 11.9 Å². The number of benzene rings is 1. The van der Waals surface area contributed by atoms with E-state index in [0.717, 1.165) is 0 Å². The molecule has 0 radical (unpaired) electrons. The molecule has 0 spiro atoms. The summed E-state index contributed by atoms with van der Waals surface area (Å²) in [7, 11) is 1.36. The number of carboxylic acid groups (broad SMARTS) is 1. The number of aldehydes is 1. The molecule has 7 heteroatoms. The molecule has 19 heavy (non-hydrogen) atoms. The largest absolute Gasteiger partial charge is 0.497 e. The number of carbonyl (C=O) groups is 3. The molecule has 2 N–H and O–H groups in total. The summed E-state index contributed by atoms with van der Waals surface area (Å²) in [6.45, 7) is 0.970. The van der Waals surface area contributed by atoms with Gasteiger partial charge in [0.15, 0.2) is 6.29 Å². The lowest BCUT2D eigenvalue weighted by Gasteiger charge is -2.14. The van der Waals surface area contributed by atoms with Gasteiger partial charge in [0, 0.05) is 13.0 Å². The van der Waals surface area contributed by atoms with Crippen LogP contribution >= 0.6 is 0 Å². The van der Waals surface area contributed by atoms with Crippen LogP contribution in [0.3, 0.4) is 0 Å². The maximum absolute atomic E-state index is 11.2.